The van der Waals surface area contributed by atoms with E-state index in [2.05, 4.69) is 20.4 Å². The largest absolute Gasteiger partial charge is 0.382 e. The molecule has 2 aromatic heterocycles. The highest BCUT2D eigenvalue weighted by atomic mass is 35.5. The number of amidine groups is 1. The lowest BCUT2D eigenvalue weighted by molar-refractivity contribution is 0.102. The molecule has 1 amide bonds. The van der Waals surface area contributed by atoms with E-state index in [1.54, 1.807) is 23.9 Å². The number of benzene rings is 1. The Morgan fingerprint density at radius 1 is 1.31 bits per heavy atom. The Morgan fingerprint density at radius 2 is 2.10 bits per heavy atom. The summed E-state index contributed by atoms with van der Waals surface area (Å²) in [6, 6.07) is 7.39. The third-order valence-electron chi connectivity index (χ3n) is 4.63. The highest BCUT2D eigenvalue weighted by Crippen LogP contribution is 2.34. The number of amides is 1. The second-order valence-corrected chi connectivity index (χ2v) is 7.62. The lowest BCUT2D eigenvalue weighted by Gasteiger charge is -2.31. The van der Waals surface area contributed by atoms with Gasteiger partial charge >= 0.3 is 0 Å². The van der Waals surface area contributed by atoms with Crippen LogP contribution < -0.4 is 11.1 Å². The summed E-state index contributed by atoms with van der Waals surface area (Å²) in [6.07, 6.45) is 2.93. The van der Waals surface area contributed by atoms with E-state index in [9.17, 15) is 9.18 Å². The van der Waals surface area contributed by atoms with Crippen LogP contribution in [0, 0.1) is 5.82 Å². The smallest absolute Gasteiger partial charge is 0.275 e. The summed E-state index contributed by atoms with van der Waals surface area (Å²) in [6.45, 7) is 2.06. The van der Waals surface area contributed by atoms with Crippen LogP contribution in [-0.2, 0) is 12.1 Å². The first-order chi connectivity index (χ1) is 13.8. The van der Waals surface area contributed by atoms with Crippen LogP contribution in [0.3, 0.4) is 0 Å². The number of aliphatic imine (C=N–C) groups is 1. The van der Waals surface area contributed by atoms with Crippen molar-refractivity contribution in [1.29, 1.82) is 0 Å². The Hall–Kier alpha value is -2.97. The Labute approximate surface area is 175 Å². The number of halogens is 3. The van der Waals surface area contributed by atoms with Gasteiger partial charge in [0.15, 0.2) is 0 Å². The molecule has 10 heteroatoms. The lowest BCUT2D eigenvalue weighted by atomic mass is 9.90. The molecule has 3 aromatic rings. The van der Waals surface area contributed by atoms with Crippen LogP contribution in [0.2, 0.25) is 10.0 Å². The number of hydrogen-bond acceptors (Lipinski definition) is 5. The standard InChI is InChI=1S/C19H15Cl2FN6O/c1-19(9-28-15(4-5-25-28)17(23)27-19)12-7-11(2-3-14(12)22)26-18(29)16-13(21)6-10(20)8-24-16/h2-8H,9H2,1H3,(H2,23,27)(H,26,29)/t19-/m0/s1. The third kappa shape index (κ3) is 3.56. The zero-order chi connectivity index (χ0) is 20.8. The van der Waals surface area contributed by atoms with Gasteiger partial charge in [0.05, 0.1) is 16.6 Å². The number of nitrogens with zero attached hydrogens (tertiary/aromatic N) is 4. The number of carbonyl (C=O) groups excluding carboxylic acids is 1. The van der Waals surface area contributed by atoms with Crippen LogP contribution >= 0.6 is 23.2 Å². The van der Waals surface area contributed by atoms with Gasteiger partial charge < -0.3 is 11.1 Å². The van der Waals surface area contributed by atoms with Crippen molar-refractivity contribution < 1.29 is 9.18 Å². The van der Waals surface area contributed by atoms with E-state index in [1.165, 1.54) is 30.5 Å². The molecule has 1 aromatic carbocycles. The number of fused-ring (bicyclic) bond motifs is 1. The highest BCUT2D eigenvalue weighted by molar-refractivity contribution is 6.36. The Balaban J connectivity index is 1.66. The quantitative estimate of drug-likeness (QED) is 0.660. The fraction of sp³-hybridized carbons (Fsp3) is 0.158. The molecule has 0 unspecified atom stereocenters. The maximum absolute atomic E-state index is 14.7. The summed E-state index contributed by atoms with van der Waals surface area (Å²) in [5.41, 5.74) is 6.36. The molecule has 148 valence electrons. The summed E-state index contributed by atoms with van der Waals surface area (Å²) in [5, 5.41) is 7.31. The van der Waals surface area contributed by atoms with Crippen molar-refractivity contribution in [2.75, 3.05) is 5.32 Å². The van der Waals surface area contributed by atoms with Crippen LogP contribution in [0.4, 0.5) is 10.1 Å². The fourth-order valence-electron chi connectivity index (χ4n) is 3.26. The van der Waals surface area contributed by atoms with E-state index in [4.69, 9.17) is 28.9 Å². The first-order valence-electron chi connectivity index (χ1n) is 8.57. The topological polar surface area (TPSA) is 98.2 Å². The average molecular weight is 433 g/mol. The number of rotatable bonds is 3. The first kappa shape index (κ1) is 19.4. The van der Waals surface area contributed by atoms with Crippen molar-refractivity contribution in [2.24, 2.45) is 10.7 Å². The molecule has 4 rings (SSSR count). The van der Waals surface area contributed by atoms with Crippen molar-refractivity contribution >= 4 is 40.6 Å². The van der Waals surface area contributed by atoms with Gasteiger partial charge in [-0.05, 0) is 37.3 Å². The van der Waals surface area contributed by atoms with Gasteiger partial charge in [-0.3, -0.25) is 14.5 Å². The zero-order valence-electron chi connectivity index (χ0n) is 15.2. The van der Waals surface area contributed by atoms with Crippen LogP contribution in [0.25, 0.3) is 0 Å². The van der Waals surface area contributed by atoms with Gasteiger partial charge in [-0.25, -0.2) is 9.37 Å². The minimum atomic E-state index is -0.996. The minimum absolute atomic E-state index is 0.00858. The summed E-state index contributed by atoms with van der Waals surface area (Å²) in [4.78, 5) is 21.0. The molecule has 0 spiro atoms. The summed E-state index contributed by atoms with van der Waals surface area (Å²) >= 11 is 11.8. The van der Waals surface area contributed by atoms with Crippen LogP contribution in [0.5, 0.6) is 0 Å². The van der Waals surface area contributed by atoms with Gasteiger partial charge in [0.25, 0.3) is 5.91 Å². The molecule has 0 saturated heterocycles. The SMILES string of the molecule is C[C@@]1(c2cc(NC(=O)c3ncc(Cl)cc3Cl)ccc2F)Cn2nccc2C(N)=N1. The van der Waals surface area contributed by atoms with Crippen molar-refractivity contribution in [3.63, 3.8) is 0 Å². The molecule has 7 nitrogen and oxygen atoms in total. The van der Waals surface area contributed by atoms with Gasteiger partial charge in [0, 0.05) is 23.6 Å². The number of hydrogen-bond donors (Lipinski definition) is 2. The minimum Gasteiger partial charge on any atom is -0.382 e. The summed E-state index contributed by atoms with van der Waals surface area (Å²) < 4.78 is 16.4. The molecule has 0 bridgehead atoms. The van der Waals surface area contributed by atoms with E-state index in [1.807, 2.05) is 0 Å². The van der Waals surface area contributed by atoms with Crippen LogP contribution in [0.15, 0.2) is 47.7 Å². The molecule has 3 heterocycles. The van der Waals surface area contributed by atoms with Crippen molar-refractivity contribution in [3.8, 4) is 0 Å². The Bertz CT molecular complexity index is 1160. The molecule has 1 atom stereocenters. The molecule has 0 aliphatic carbocycles. The summed E-state index contributed by atoms with van der Waals surface area (Å²) in [7, 11) is 0. The number of anilines is 1. The Morgan fingerprint density at radius 3 is 2.86 bits per heavy atom. The molecule has 29 heavy (non-hydrogen) atoms. The van der Waals surface area contributed by atoms with Crippen LogP contribution in [-0.4, -0.2) is 26.5 Å². The monoisotopic (exact) mass is 432 g/mol. The normalized spacial score (nSPS) is 18.1. The van der Waals surface area contributed by atoms with E-state index in [-0.39, 0.29) is 22.1 Å². The number of nitrogens with one attached hydrogen (secondary N) is 1. The van der Waals surface area contributed by atoms with E-state index >= 15 is 0 Å². The van der Waals surface area contributed by atoms with E-state index in [0.717, 1.165) is 0 Å². The molecular formula is C19H15Cl2FN6O. The maximum atomic E-state index is 14.7. The highest BCUT2D eigenvalue weighted by Gasteiger charge is 2.35. The van der Waals surface area contributed by atoms with Crippen molar-refractivity contribution in [2.45, 2.75) is 19.0 Å². The molecule has 0 saturated carbocycles. The van der Waals surface area contributed by atoms with Crippen molar-refractivity contribution in [3.05, 3.63) is 75.5 Å². The fourth-order valence-corrected chi connectivity index (χ4v) is 3.73. The number of aromatic nitrogens is 3. The van der Waals surface area contributed by atoms with Gasteiger partial charge in [0.2, 0.25) is 0 Å². The van der Waals surface area contributed by atoms with Crippen LogP contribution in [0.1, 0.15) is 28.7 Å². The van der Waals surface area contributed by atoms with Gasteiger partial charge in [0.1, 0.15) is 28.6 Å². The van der Waals surface area contributed by atoms with Gasteiger partial charge in [-0.1, -0.05) is 23.2 Å². The third-order valence-corrected chi connectivity index (χ3v) is 5.13. The number of nitrogens with two attached hydrogens (primary N) is 1. The second kappa shape index (κ2) is 7.13. The molecule has 3 N–H and O–H groups in total. The van der Waals surface area contributed by atoms with Gasteiger partial charge in [-0.2, -0.15) is 5.10 Å². The maximum Gasteiger partial charge on any atom is 0.275 e. The summed E-state index contributed by atoms with van der Waals surface area (Å²) in [5.74, 6) is -0.752. The molecular weight excluding hydrogens is 418 g/mol. The predicted octanol–water partition coefficient (Wildman–Crippen LogP) is 3.61. The lowest BCUT2D eigenvalue weighted by Crippen LogP contribution is -2.37. The molecule has 0 fully saturated rings. The van der Waals surface area contributed by atoms with Crippen molar-refractivity contribution in [1.82, 2.24) is 14.8 Å². The molecule has 1 aliphatic rings. The molecule has 1 aliphatic heterocycles. The van der Waals surface area contributed by atoms with E-state index < -0.39 is 17.3 Å². The zero-order valence-corrected chi connectivity index (χ0v) is 16.7. The van der Waals surface area contributed by atoms with E-state index in [0.29, 0.717) is 22.9 Å². The first-order valence-corrected chi connectivity index (χ1v) is 9.32. The number of pyridine rings is 1. The second-order valence-electron chi connectivity index (χ2n) is 6.78. The van der Waals surface area contributed by atoms with Gasteiger partial charge in [-0.15, -0.1) is 0 Å². The predicted molar refractivity (Wildman–Crippen MR) is 109 cm³/mol. The average Bonchev–Trinajstić information content (AvgIpc) is 3.11. The molecule has 0 radical (unpaired) electrons. The Kier molecular flexibility index (Phi) is 4.76. The number of carbonyl (C=O) groups is 1.